The summed E-state index contributed by atoms with van der Waals surface area (Å²) in [4.78, 5) is 29.7. The molecule has 32 heavy (non-hydrogen) atoms. The highest BCUT2D eigenvalue weighted by Gasteiger charge is 2.27. The van der Waals surface area contributed by atoms with Gasteiger partial charge in [-0.05, 0) is 58.6 Å². The molecule has 2 amide bonds. The van der Waals surface area contributed by atoms with Gasteiger partial charge in [0.2, 0.25) is 0 Å². The first-order valence-corrected chi connectivity index (χ1v) is 12.2. The van der Waals surface area contributed by atoms with Crippen molar-refractivity contribution in [3.8, 4) is 0 Å². The second-order valence-corrected chi connectivity index (χ2v) is 10.5. The minimum absolute atomic E-state index is 0.163. The molecule has 2 heterocycles. The molecule has 0 spiro atoms. The fourth-order valence-electron chi connectivity index (χ4n) is 2.98. The molecule has 8 nitrogen and oxygen atoms in total. The van der Waals surface area contributed by atoms with E-state index in [1.807, 2.05) is 39.0 Å². The maximum absolute atomic E-state index is 12.1. The molecule has 0 radical (unpaired) electrons. The van der Waals surface area contributed by atoms with Crippen molar-refractivity contribution < 1.29 is 19.1 Å². The van der Waals surface area contributed by atoms with E-state index in [9.17, 15) is 9.59 Å². The largest absolute Gasteiger partial charge is 0.444 e. The molecule has 10 heteroatoms. The molecule has 1 saturated heterocycles. The van der Waals surface area contributed by atoms with Crippen LogP contribution >= 0.6 is 24.0 Å². The predicted molar refractivity (Wildman–Crippen MR) is 131 cm³/mol. The molecular weight excluding hydrogens is 448 g/mol. The standard InChI is InChI=1S/C22H34N4O4S2/c1-22(2,3)30-21(28)26-14-9-18(10-15-26)32-20(31)25-13-7-6-12-24-19(27)29-16-17-8-4-5-11-23-17/h4-5,8,11,18H,6-7,9-10,12-16H2,1-3H3,(H,24,27)(H,25,31). The second-order valence-electron chi connectivity index (χ2n) is 8.53. The number of thioether (sulfide) groups is 1. The van der Waals surface area contributed by atoms with Gasteiger partial charge in [0.1, 0.15) is 16.5 Å². The second kappa shape index (κ2) is 13.5. The maximum atomic E-state index is 12.1. The molecule has 0 unspecified atom stereocenters. The number of hydrogen-bond donors (Lipinski definition) is 2. The van der Waals surface area contributed by atoms with Crippen LogP contribution in [0.1, 0.15) is 52.1 Å². The molecule has 1 aromatic rings. The third kappa shape index (κ3) is 11.0. The van der Waals surface area contributed by atoms with Crippen molar-refractivity contribution in [2.24, 2.45) is 0 Å². The average Bonchev–Trinajstić information content (AvgIpc) is 2.74. The molecule has 0 saturated carbocycles. The van der Waals surface area contributed by atoms with Crippen molar-refractivity contribution in [3.63, 3.8) is 0 Å². The van der Waals surface area contributed by atoms with Gasteiger partial charge in [0.25, 0.3) is 0 Å². The van der Waals surface area contributed by atoms with Crippen LogP contribution in [0.2, 0.25) is 0 Å². The fourth-order valence-corrected chi connectivity index (χ4v) is 4.43. The number of aromatic nitrogens is 1. The summed E-state index contributed by atoms with van der Waals surface area (Å²) in [5, 5.41) is 6.41. The zero-order valence-electron chi connectivity index (χ0n) is 19.1. The van der Waals surface area contributed by atoms with Crippen molar-refractivity contribution in [2.45, 2.75) is 63.9 Å². The zero-order chi connectivity index (χ0) is 23.4. The van der Waals surface area contributed by atoms with Crippen molar-refractivity contribution >= 4 is 40.5 Å². The molecule has 0 bridgehead atoms. The van der Waals surface area contributed by atoms with E-state index in [2.05, 4.69) is 15.6 Å². The van der Waals surface area contributed by atoms with E-state index in [4.69, 9.17) is 21.7 Å². The maximum Gasteiger partial charge on any atom is 0.410 e. The van der Waals surface area contributed by atoms with Crippen LogP contribution in [-0.2, 0) is 16.1 Å². The lowest BCUT2D eigenvalue weighted by molar-refractivity contribution is 0.0219. The molecule has 1 aromatic heterocycles. The normalized spacial score (nSPS) is 14.5. The smallest absolute Gasteiger partial charge is 0.410 e. The number of alkyl carbamates (subject to hydrolysis) is 1. The van der Waals surface area contributed by atoms with Gasteiger partial charge < -0.3 is 25.0 Å². The lowest BCUT2D eigenvalue weighted by atomic mass is 10.1. The zero-order valence-corrected chi connectivity index (χ0v) is 20.7. The summed E-state index contributed by atoms with van der Waals surface area (Å²) >= 11 is 7.11. The Kier molecular flexibility index (Phi) is 11.0. The van der Waals surface area contributed by atoms with Crippen molar-refractivity contribution in [2.75, 3.05) is 26.2 Å². The van der Waals surface area contributed by atoms with Crippen LogP contribution in [0.5, 0.6) is 0 Å². The van der Waals surface area contributed by atoms with Crippen LogP contribution in [-0.4, -0.2) is 63.4 Å². The summed E-state index contributed by atoms with van der Waals surface area (Å²) in [5.74, 6) is 0. The minimum Gasteiger partial charge on any atom is -0.444 e. The van der Waals surface area contributed by atoms with Gasteiger partial charge >= 0.3 is 12.2 Å². The lowest BCUT2D eigenvalue weighted by Crippen LogP contribution is -2.42. The number of unbranched alkanes of at least 4 members (excludes halogenated alkanes) is 1. The van der Waals surface area contributed by atoms with Crippen LogP contribution < -0.4 is 10.6 Å². The Morgan fingerprint density at radius 2 is 1.88 bits per heavy atom. The highest BCUT2D eigenvalue weighted by molar-refractivity contribution is 8.23. The van der Waals surface area contributed by atoms with Crippen molar-refractivity contribution in [1.29, 1.82) is 0 Å². The van der Waals surface area contributed by atoms with Gasteiger partial charge in [-0.25, -0.2) is 9.59 Å². The number of amides is 2. The van der Waals surface area contributed by atoms with Gasteiger partial charge in [0.05, 0.1) is 5.69 Å². The summed E-state index contributed by atoms with van der Waals surface area (Å²) in [6.07, 6.45) is 4.50. The molecule has 0 aromatic carbocycles. The molecular formula is C22H34N4O4S2. The Balaban J connectivity index is 1.48. The van der Waals surface area contributed by atoms with Crippen LogP contribution in [0.25, 0.3) is 0 Å². The van der Waals surface area contributed by atoms with Gasteiger partial charge in [0.15, 0.2) is 0 Å². The Hall–Kier alpha value is -2.07. The first-order valence-electron chi connectivity index (χ1n) is 11.0. The Morgan fingerprint density at radius 1 is 1.19 bits per heavy atom. The molecule has 2 N–H and O–H groups in total. The monoisotopic (exact) mass is 482 g/mol. The van der Waals surface area contributed by atoms with Gasteiger partial charge in [-0.2, -0.15) is 0 Å². The number of likely N-dealkylation sites (tertiary alicyclic amines) is 1. The van der Waals surface area contributed by atoms with E-state index in [-0.39, 0.29) is 12.7 Å². The number of nitrogens with zero attached hydrogens (tertiary/aromatic N) is 2. The van der Waals surface area contributed by atoms with Gasteiger partial charge in [-0.3, -0.25) is 4.98 Å². The van der Waals surface area contributed by atoms with E-state index < -0.39 is 11.7 Å². The number of thiocarbonyl (C=S) groups is 1. The SMILES string of the molecule is CC(C)(C)OC(=O)N1CCC(SC(=S)NCCCCNC(=O)OCc2ccccn2)CC1. The van der Waals surface area contributed by atoms with E-state index in [0.717, 1.165) is 36.5 Å². The Bertz CT molecular complexity index is 735. The van der Waals surface area contributed by atoms with Crippen LogP contribution in [0.15, 0.2) is 24.4 Å². The summed E-state index contributed by atoms with van der Waals surface area (Å²) in [5.41, 5.74) is 0.247. The summed E-state index contributed by atoms with van der Waals surface area (Å²) in [7, 11) is 0. The van der Waals surface area contributed by atoms with E-state index in [1.54, 1.807) is 22.9 Å². The number of ether oxygens (including phenoxy) is 2. The topological polar surface area (TPSA) is 92.8 Å². The molecule has 178 valence electrons. The first-order chi connectivity index (χ1) is 15.2. The molecule has 2 rings (SSSR count). The van der Waals surface area contributed by atoms with E-state index >= 15 is 0 Å². The highest BCUT2D eigenvalue weighted by Crippen LogP contribution is 2.25. The number of rotatable bonds is 8. The molecule has 1 fully saturated rings. The van der Waals surface area contributed by atoms with Gasteiger partial charge in [0, 0.05) is 37.6 Å². The lowest BCUT2D eigenvalue weighted by Gasteiger charge is -2.33. The first kappa shape index (κ1) is 26.2. The van der Waals surface area contributed by atoms with E-state index in [1.165, 1.54) is 0 Å². The fraction of sp³-hybridized carbons (Fsp3) is 0.636. The van der Waals surface area contributed by atoms with Crippen LogP contribution in [0.3, 0.4) is 0 Å². The van der Waals surface area contributed by atoms with Gasteiger partial charge in [-0.15, -0.1) is 0 Å². The van der Waals surface area contributed by atoms with E-state index in [0.29, 0.717) is 30.6 Å². The molecule has 1 aliphatic heterocycles. The summed E-state index contributed by atoms with van der Waals surface area (Å²) in [6.45, 7) is 8.49. The number of nitrogens with one attached hydrogen (secondary N) is 2. The Morgan fingerprint density at radius 3 is 2.50 bits per heavy atom. The molecule has 0 atom stereocenters. The third-order valence-electron chi connectivity index (χ3n) is 4.59. The van der Waals surface area contributed by atoms with Crippen molar-refractivity contribution in [1.82, 2.24) is 20.5 Å². The number of piperidine rings is 1. The number of pyridine rings is 1. The quantitative estimate of drug-likeness (QED) is 0.423. The third-order valence-corrected chi connectivity index (χ3v) is 6.18. The van der Waals surface area contributed by atoms with Gasteiger partial charge in [-0.1, -0.05) is 30.0 Å². The molecule has 0 aliphatic carbocycles. The minimum atomic E-state index is -0.469. The average molecular weight is 483 g/mol. The van der Waals surface area contributed by atoms with Crippen LogP contribution in [0, 0.1) is 0 Å². The predicted octanol–water partition coefficient (Wildman–Crippen LogP) is 4.10. The Labute approximate surface area is 200 Å². The van der Waals surface area contributed by atoms with Crippen molar-refractivity contribution in [3.05, 3.63) is 30.1 Å². The summed E-state index contributed by atoms with van der Waals surface area (Å²) < 4.78 is 11.3. The number of carbonyl (C=O) groups excluding carboxylic acids is 2. The molecule has 1 aliphatic rings. The summed E-state index contributed by atoms with van der Waals surface area (Å²) in [6, 6.07) is 5.48. The van der Waals surface area contributed by atoms with Crippen LogP contribution in [0.4, 0.5) is 9.59 Å². The number of carbonyl (C=O) groups is 2. The highest BCUT2D eigenvalue weighted by atomic mass is 32.2. The number of hydrogen-bond acceptors (Lipinski definition) is 7.